The molecule has 0 aliphatic carbocycles. The van der Waals surface area contributed by atoms with Gasteiger partial charge in [-0.3, -0.25) is 0 Å². The van der Waals surface area contributed by atoms with Crippen molar-refractivity contribution in [2.75, 3.05) is 19.7 Å². The molecule has 1 aromatic heterocycles. The lowest BCUT2D eigenvalue weighted by atomic mass is 10.2. The van der Waals surface area contributed by atoms with Gasteiger partial charge in [0.2, 0.25) is 0 Å². The molecule has 78 valence electrons. The molecule has 0 radical (unpaired) electrons. The van der Waals surface area contributed by atoms with E-state index >= 15 is 0 Å². The lowest BCUT2D eigenvalue weighted by Crippen LogP contribution is -2.33. The fourth-order valence-electron chi connectivity index (χ4n) is 1.45. The zero-order valence-corrected chi connectivity index (χ0v) is 8.60. The highest BCUT2D eigenvalue weighted by atomic mass is 16.5. The van der Waals surface area contributed by atoms with Gasteiger partial charge in [-0.05, 0) is 13.8 Å². The number of morpholine rings is 1. The van der Waals surface area contributed by atoms with Crippen LogP contribution in [0.4, 0.5) is 0 Å². The fraction of sp³-hybridized carbons (Fsp3) is 0.778. The maximum absolute atomic E-state index is 5.58. The fourth-order valence-corrected chi connectivity index (χ4v) is 1.45. The van der Waals surface area contributed by atoms with E-state index in [1.54, 1.807) is 0 Å². The first-order valence-electron chi connectivity index (χ1n) is 5.01. The Balaban J connectivity index is 2.07. The van der Waals surface area contributed by atoms with Gasteiger partial charge in [-0.1, -0.05) is 5.21 Å². The zero-order valence-electron chi connectivity index (χ0n) is 8.60. The number of nitrogens with zero attached hydrogens (tertiary/aromatic N) is 3. The predicted octanol–water partition coefficient (Wildman–Crippen LogP) is 0.520. The van der Waals surface area contributed by atoms with Crippen LogP contribution in [0.3, 0.4) is 0 Å². The van der Waals surface area contributed by atoms with Gasteiger partial charge in [0, 0.05) is 19.1 Å². The van der Waals surface area contributed by atoms with Gasteiger partial charge in [0.1, 0.15) is 11.8 Å². The van der Waals surface area contributed by atoms with Crippen molar-refractivity contribution in [3.63, 3.8) is 0 Å². The second-order valence-electron chi connectivity index (χ2n) is 3.78. The van der Waals surface area contributed by atoms with Crippen molar-refractivity contribution in [1.82, 2.24) is 20.3 Å². The molecule has 2 rings (SSSR count). The van der Waals surface area contributed by atoms with Crippen LogP contribution in [-0.2, 0) is 4.74 Å². The molecule has 1 aromatic rings. The highest BCUT2D eigenvalue weighted by Crippen LogP contribution is 2.16. The Labute approximate surface area is 83.4 Å². The largest absolute Gasteiger partial charge is 0.369 e. The van der Waals surface area contributed by atoms with Crippen molar-refractivity contribution >= 4 is 0 Å². The first kappa shape index (κ1) is 9.61. The molecule has 2 heterocycles. The van der Waals surface area contributed by atoms with Gasteiger partial charge in [0.25, 0.3) is 0 Å². The van der Waals surface area contributed by atoms with E-state index in [1.165, 1.54) is 0 Å². The standard InChI is InChI=1S/C9H16N4O/c1-7(2)13-6-8(11-12-13)9-5-10-3-4-14-9/h6-7,9-10H,3-5H2,1-2H3. The summed E-state index contributed by atoms with van der Waals surface area (Å²) in [6.07, 6.45) is 2.03. The van der Waals surface area contributed by atoms with Gasteiger partial charge >= 0.3 is 0 Å². The monoisotopic (exact) mass is 196 g/mol. The lowest BCUT2D eigenvalue weighted by Gasteiger charge is -2.21. The van der Waals surface area contributed by atoms with Crippen LogP contribution < -0.4 is 5.32 Å². The van der Waals surface area contributed by atoms with Crippen LogP contribution in [0.25, 0.3) is 0 Å². The molecule has 1 aliphatic rings. The molecule has 1 saturated heterocycles. The summed E-state index contributed by atoms with van der Waals surface area (Å²) in [4.78, 5) is 0. The van der Waals surface area contributed by atoms with Gasteiger partial charge < -0.3 is 10.1 Å². The molecule has 5 nitrogen and oxygen atoms in total. The Bertz CT molecular complexity index is 291. The van der Waals surface area contributed by atoms with Crippen molar-refractivity contribution in [3.05, 3.63) is 11.9 Å². The molecular weight excluding hydrogens is 180 g/mol. The third kappa shape index (κ3) is 1.93. The van der Waals surface area contributed by atoms with Gasteiger partial charge in [0.15, 0.2) is 0 Å². The van der Waals surface area contributed by atoms with E-state index in [2.05, 4.69) is 29.5 Å². The summed E-state index contributed by atoms with van der Waals surface area (Å²) in [5.74, 6) is 0. The average Bonchev–Trinajstić information content (AvgIpc) is 2.68. The summed E-state index contributed by atoms with van der Waals surface area (Å²) in [5, 5.41) is 11.4. The second kappa shape index (κ2) is 4.06. The first-order valence-corrected chi connectivity index (χ1v) is 5.01. The molecular formula is C9H16N4O. The van der Waals surface area contributed by atoms with E-state index in [0.717, 1.165) is 25.4 Å². The third-order valence-corrected chi connectivity index (χ3v) is 2.31. The van der Waals surface area contributed by atoms with Crippen LogP contribution in [0.1, 0.15) is 31.7 Å². The van der Waals surface area contributed by atoms with Crippen molar-refractivity contribution in [1.29, 1.82) is 0 Å². The summed E-state index contributed by atoms with van der Waals surface area (Å²) in [6, 6.07) is 0.354. The second-order valence-corrected chi connectivity index (χ2v) is 3.78. The molecule has 1 unspecified atom stereocenters. The highest BCUT2D eigenvalue weighted by Gasteiger charge is 2.19. The molecule has 1 N–H and O–H groups in total. The minimum Gasteiger partial charge on any atom is -0.369 e. The number of hydrogen-bond donors (Lipinski definition) is 1. The van der Waals surface area contributed by atoms with Crippen LogP contribution in [-0.4, -0.2) is 34.7 Å². The average molecular weight is 196 g/mol. The maximum atomic E-state index is 5.58. The van der Waals surface area contributed by atoms with Crippen LogP contribution in [0.5, 0.6) is 0 Å². The van der Waals surface area contributed by atoms with Crippen LogP contribution in [0.2, 0.25) is 0 Å². The van der Waals surface area contributed by atoms with Crippen molar-refractivity contribution < 1.29 is 4.74 Å². The molecule has 1 fully saturated rings. The van der Waals surface area contributed by atoms with Crippen molar-refractivity contribution in [3.8, 4) is 0 Å². The van der Waals surface area contributed by atoms with Gasteiger partial charge in [-0.2, -0.15) is 0 Å². The van der Waals surface area contributed by atoms with E-state index in [0.29, 0.717) is 6.04 Å². The molecule has 5 heteroatoms. The normalized spacial score (nSPS) is 22.9. The van der Waals surface area contributed by atoms with E-state index in [-0.39, 0.29) is 6.10 Å². The molecule has 1 aliphatic heterocycles. The third-order valence-electron chi connectivity index (χ3n) is 2.31. The topological polar surface area (TPSA) is 52.0 Å². The summed E-state index contributed by atoms with van der Waals surface area (Å²) in [6.45, 7) is 6.67. The highest BCUT2D eigenvalue weighted by molar-refractivity contribution is 5.00. The lowest BCUT2D eigenvalue weighted by molar-refractivity contribution is 0.0249. The Hall–Kier alpha value is -0.940. The van der Waals surface area contributed by atoms with Gasteiger partial charge in [-0.15, -0.1) is 5.10 Å². The van der Waals surface area contributed by atoms with E-state index in [9.17, 15) is 0 Å². The van der Waals surface area contributed by atoms with Crippen molar-refractivity contribution in [2.24, 2.45) is 0 Å². The summed E-state index contributed by atoms with van der Waals surface area (Å²) >= 11 is 0. The molecule has 1 atom stereocenters. The Morgan fingerprint density at radius 3 is 3.07 bits per heavy atom. The minimum atomic E-state index is 0.0660. The molecule has 14 heavy (non-hydrogen) atoms. The number of hydrogen-bond acceptors (Lipinski definition) is 4. The molecule has 0 spiro atoms. The molecule has 0 saturated carbocycles. The van der Waals surface area contributed by atoms with Crippen LogP contribution >= 0.6 is 0 Å². The van der Waals surface area contributed by atoms with E-state index in [4.69, 9.17) is 4.74 Å². The quantitative estimate of drug-likeness (QED) is 0.749. The Morgan fingerprint density at radius 2 is 2.50 bits per heavy atom. The maximum Gasteiger partial charge on any atom is 0.115 e. The number of rotatable bonds is 2. The van der Waals surface area contributed by atoms with Gasteiger partial charge in [0.05, 0.1) is 12.8 Å². The number of aromatic nitrogens is 3. The Kier molecular flexibility index (Phi) is 2.79. The molecule has 0 amide bonds. The minimum absolute atomic E-state index is 0.0660. The number of ether oxygens (including phenoxy) is 1. The van der Waals surface area contributed by atoms with E-state index in [1.807, 2.05) is 10.9 Å². The predicted molar refractivity (Wildman–Crippen MR) is 52.0 cm³/mol. The smallest absolute Gasteiger partial charge is 0.115 e. The summed E-state index contributed by atoms with van der Waals surface area (Å²) < 4.78 is 7.43. The Morgan fingerprint density at radius 1 is 1.64 bits per heavy atom. The molecule has 0 bridgehead atoms. The summed E-state index contributed by atoms with van der Waals surface area (Å²) in [5.41, 5.74) is 0.922. The van der Waals surface area contributed by atoms with Gasteiger partial charge in [-0.25, -0.2) is 4.68 Å². The first-order chi connectivity index (χ1) is 6.77. The summed E-state index contributed by atoms with van der Waals surface area (Å²) in [7, 11) is 0. The zero-order chi connectivity index (χ0) is 9.97. The van der Waals surface area contributed by atoms with E-state index < -0.39 is 0 Å². The van der Waals surface area contributed by atoms with Crippen molar-refractivity contribution in [2.45, 2.75) is 26.0 Å². The molecule has 0 aromatic carbocycles. The SMILES string of the molecule is CC(C)n1cc(C2CNCCO2)nn1. The van der Waals surface area contributed by atoms with Crippen LogP contribution in [0, 0.1) is 0 Å². The number of nitrogens with one attached hydrogen (secondary N) is 1. The van der Waals surface area contributed by atoms with Crippen LogP contribution in [0.15, 0.2) is 6.20 Å².